The van der Waals surface area contributed by atoms with Crippen LogP contribution in [0.2, 0.25) is 0 Å². The van der Waals surface area contributed by atoms with Crippen molar-refractivity contribution in [3.63, 3.8) is 0 Å². The minimum absolute atomic E-state index is 0.00945. The zero-order chi connectivity index (χ0) is 15.8. The highest BCUT2D eigenvalue weighted by Gasteiger charge is 2.34. The third-order valence-corrected chi connectivity index (χ3v) is 6.52. The van der Waals surface area contributed by atoms with Crippen LogP contribution in [0.5, 0.6) is 0 Å². The Hall–Kier alpha value is -1.66. The summed E-state index contributed by atoms with van der Waals surface area (Å²) >= 11 is 3.47. The lowest BCUT2D eigenvalue weighted by molar-refractivity contribution is -0.139. The molecule has 4 heterocycles. The second-order valence-electron chi connectivity index (χ2n) is 5.97. The van der Waals surface area contributed by atoms with E-state index in [0.29, 0.717) is 13.0 Å². The molecule has 0 unspecified atom stereocenters. The van der Waals surface area contributed by atoms with Crippen LogP contribution in [0, 0.1) is 0 Å². The van der Waals surface area contributed by atoms with E-state index in [1.807, 2.05) is 11.0 Å². The molecule has 2 aromatic heterocycles. The molecular weight excluding hydrogens is 328 g/mol. The fourth-order valence-corrected chi connectivity index (χ4v) is 5.22. The van der Waals surface area contributed by atoms with Gasteiger partial charge in [0.15, 0.2) is 0 Å². The van der Waals surface area contributed by atoms with Crippen molar-refractivity contribution in [2.24, 2.45) is 0 Å². The van der Waals surface area contributed by atoms with Gasteiger partial charge in [-0.25, -0.2) is 0 Å². The number of rotatable bonds is 3. The monoisotopic (exact) mass is 346 g/mol. The Morgan fingerprint density at radius 1 is 1.17 bits per heavy atom. The van der Waals surface area contributed by atoms with Gasteiger partial charge in [-0.15, -0.1) is 22.7 Å². The fourth-order valence-electron chi connectivity index (χ4n) is 3.46. The number of likely N-dealkylation sites (tertiary alicyclic amines) is 1. The maximum absolute atomic E-state index is 12.9. The van der Waals surface area contributed by atoms with Crippen LogP contribution < -0.4 is 0 Å². The van der Waals surface area contributed by atoms with Crippen molar-refractivity contribution in [2.45, 2.75) is 25.3 Å². The van der Waals surface area contributed by atoms with E-state index in [1.165, 1.54) is 15.3 Å². The van der Waals surface area contributed by atoms with Crippen molar-refractivity contribution in [3.05, 3.63) is 44.3 Å². The first-order valence-corrected chi connectivity index (χ1v) is 9.67. The molecule has 23 heavy (non-hydrogen) atoms. The van der Waals surface area contributed by atoms with Crippen LogP contribution in [0.4, 0.5) is 0 Å². The number of thiophene rings is 2. The zero-order valence-corrected chi connectivity index (χ0v) is 14.4. The van der Waals surface area contributed by atoms with Gasteiger partial charge in [0.25, 0.3) is 0 Å². The van der Waals surface area contributed by atoms with Gasteiger partial charge in [0, 0.05) is 29.3 Å². The van der Waals surface area contributed by atoms with Crippen LogP contribution >= 0.6 is 22.7 Å². The molecule has 2 aliphatic rings. The number of nitrogens with zero attached hydrogens (tertiary/aromatic N) is 2. The molecule has 0 saturated carbocycles. The Bertz CT molecular complexity index is 723. The van der Waals surface area contributed by atoms with Gasteiger partial charge in [0.2, 0.25) is 11.8 Å². The number of carbonyl (C=O) groups excluding carboxylic acids is 2. The molecule has 2 aliphatic heterocycles. The molecule has 0 radical (unpaired) electrons. The van der Waals surface area contributed by atoms with Gasteiger partial charge in [-0.05, 0) is 41.3 Å². The second kappa shape index (κ2) is 6.09. The first-order valence-electron chi connectivity index (χ1n) is 7.91. The predicted octanol–water partition coefficient (Wildman–Crippen LogP) is 2.91. The molecule has 0 N–H and O–H groups in total. The number of amides is 2. The number of carbonyl (C=O) groups is 2. The van der Waals surface area contributed by atoms with E-state index in [-0.39, 0.29) is 24.4 Å². The summed E-state index contributed by atoms with van der Waals surface area (Å²) in [6.45, 7) is 1.67. The van der Waals surface area contributed by atoms with Crippen LogP contribution in [0.3, 0.4) is 0 Å². The molecule has 0 spiro atoms. The summed E-state index contributed by atoms with van der Waals surface area (Å²) in [6, 6.07) is 6.29. The summed E-state index contributed by atoms with van der Waals surface area (Å²) < 4.78 is 0. The molecule has 120 valence electrons. The van der Waals surface area contributed by atoms with E-state index in [2.05, 4.69) is 22.9 Å². The van der Waals surface area contributed by atoms with Gasteiger partial charge < -0.3 is 9.80 Å². The Morgan fingerprint density at radius 2 is 2.09 bits per heavy atom. The third kappa shape index (κ3) is 2.70. The van der Waals surface area contributed by atoms with Crippen molar-refractivity contribution in [1.29, 1.82) is 0 Å². The Morgan fingerprint density at radius 3 is 2.83 bits per heavy atom. The fraction of sp³-hybridized carbons (Fsp3) is 0.412. The third-order valence-electron chi connectivity index (χ3n) is 4.60. The molecule has 2 aromatic rings. The normalized spacial score (nSPS) is 20.9. The maximum Gasteiger partial charge on any atom is 0.243 e. The van der Waals surface area contributed by atoms with Gasteiger partial charge >= 0.3 is 0 Å². The molecule has 6 heteroatoms. The van der Waals surface area contributed by atoms with Gasteiger partial charge in [0.05, 0.1) is 12.6 Å². The van der Waals surface area contributed by atoms with Crippen molar-refractivity contribution >= 4 is 34.5 Å². The first-order chi connectivity index (χ1) is 11.2. The van der Waals surface area contributed by atoms with E-state index >= 15 is 0 Å². The Labute approximate surface area is 143 Å². The topological polar surface area (TPSA) is 40.6 Å². The first kappa shape index (κ1) is 14.9. The standard InChI is InChI=1S/C17H18N2O2S2/c20-15-4-1-7-18(15)11-16(21)19-8-5-13-12(6-10-23-13)17(19)14-3-2-9-22-14/h2-3,6,9-10,17H,1,4-5,7-8,11H2/t17-/m0/s1. The number of hydrogen-bond acceptors (Lipinski definition) is 4. The van der Waals surface area contributed by atoms with Crippen LogP contribution in [-0.4, -0.2) is 41.2 Å². The average molecular weight is 346 g/mol. The summed E-state index contributed by atoms with van der Waals surface area (Å²) in [7, 11) is 0. The molecular formula is C17H18N2O2S2. The zero-order valence-electron chi connectivity index (χ0n) is 12.7. The summed E-state index contributed by atoms with van der Waals surface area (Å²) in [4.78, 5) is 30.9. The minimum atomic E-state index is 0.00945. The van der Waals surface area contributed by atoms with Crippen molar-refractivity contribution < 1.29 is 9.59 Å². The van der Waals surface area contributed by atoms with Crippen LogP contribution in [0.15, 0.2) is 29.0 Å². The van der Waals surface area contributed by atoms with E-state index < -0.39 is 0 Å². The van der Waals surface area contributed by atoms with Gasteiger partial charge in [0.1, 0.15) is 0 Å². The lowest BCUT2D eigenvalue weighted by Crippen LogP contribution is -2.45. The highest BCUT2D eigenvalue weighted by molar-refractivity contribution is 7.10. The van der Waals surface area contributed by atoms with Gasteiger partial charge in [-0.2, -0.15) is 0 Å². The number of hydrogen-bond donors (Lipinski definition) is 0. The molecule has 1 fully saturated rings. The SMILES string of the molecule is O=C1CCCN1CC(=O)N1CCc2sccc2[C@H]1c1cccs1. The molecule has 4 rings (SSSR count). The molecule has 2 amide bonds. The van der Waals surface area contributed by atoms with Crippen LogP contribution in [0.1, 0.15) is 34.2 Å². The molecule has 0 bridgehead atoms. The van der Waals surface area contributed by atoms with Crippen molar-refractivity contribution in [1.82, 2.24) is 9.80 Å². The second-order valence-corrected chi connectivity index (χ2v) is 7.95. The molecule has 1 atom stereocenters. The molecule has 0 aliphatic carbocycles. The molecule has 4 nitrogen and oxygen atoms in total. The lowest BCUT2D eigenvalue weighted by atomic mass is 9.98. The Kier molecular flexibility index (Phi) is 3.95. The summed E-state index contributed by atoms with van der Waals surface area (Å²) in [5.41, 5.74) is 1.25. The smallest absolute Gasteiger partial charge is 0.243 e. The summed E-state index contributed by atoms with van der Waals surface area (Å²) in [5, 5.41) is 4.17. The average Bonchev–Trinajstić information content (AvgIpc) is 3.28. The van der Waals surface area contributed by atoms with Gasteiger partial charge in [-0.3, -0.25) is 9.59 Å². The van der Waals surface area contributed by atoms with E-state index in [9.17, 15) is 9.59 Å². The highest BCUT2D eigenvalue weighted by Crippen LogP contribution is 2.39. The van der Waals surface area contributed by atoms with E-state index in [4.69, 9.17) is 0 Å². The van der Waals surface area contributed by atoms with Crippen molar-refractivity contribution in [2.75, 3.05) is 19.6 Å². The van der Waals surface area contributed by atoms with E-state index in [0.717, 1.165) is 19.4 Å². The largest absolute Gasteiger partial charge is 0.333 e. The Balaban J connectivity index is 1.61. The lowest BCUT2D eigenvalue weighted by Gasteiger charge is -2.36. The molecule has 0 aromatic carbocycles. The van der Waals surface area contributed by atoms with Crippen LogP contribution in [0.25, 0.3) is 0 Å². The minimum Gasteiger partial charge on any atom is -0.333 e. The van der Waals surface area contributed by atoms with Crippen LogP contribution in [-0.2, 0) is 16.0 Å². The summed E-state index contributed by atoms with van der Waals surface area (Å²) in [6.07, 6.45) is 2.36. The maximum atomic E-state index is 12.9. The summed E-state index contributed by atoms with van der Waals surface area (Å²) in [5.74, 6) is 0.176. The van der Waals surface area contributed by atoms with Crippen molar-refractivity contribution in [3.8, 4) is 0 Å². The molecule has 1 saturated heterocycles. The highest BCUT2D eigenvalue weighted by atomic mass is 32.1. The number of fused-ring (bicyclic) bond motifs is 1. The van der Waals surface area contributed by atoms with Gasteiger partial charge in [-0.1, -0.05) is 6.07 Å². The van der Waals surface area contributed by atoms with E-state index in [1.54, 1.807) is 27.6 Å². The predicted molar refractivity (Wildman–Crippen MR) is 91.7 cm³/mol. The quantitative estimate of drug-likeness (QED) is 0.857.